The second kappa shape index (κ2) is 7.18. The van der Waals surface area contributed by atoms with Gasteiger partial charge in [0, 0.05) is 32.7 Å². The Hall–Kier alpha value is -2.13. The van der Waals surface area contributed by atoms with Gasteiger partial charge in [-0.15, -0.1) is 0 Å². The molecule has 0 spiro atoms. The molecule has 0 bridgehead atoms. The van der Waals surface area contributed by atoms with Crippen molar-refractivity contribution in [2.45, 2.75) is 17.7 Å². The first kappa shape index (κ1) is 18.2. The summed E-state index contributed by atoms with van der Waals surface area (Å²) in [5.41, 5.74) is 0.327. The average molecular weight is 355 g/mol. The molecule has 1 aliphatic rings. The van der Waals surface area contributed by atoms with E-state index < -0.39 is 10.0 Å². The van der Waals surface area contributed by atoms with Crippen molar-refractivity contribution in [3.8, 4) is 5.75 Å². The monoisotopic (exact) mass is 355 g/mol. The highest BCUT2D eigenvalue weighted by Crippen LogP contribution is 2.28. The fraction of sp³-hybridized carbons (Fsp3) is 0.467. The molecule has 0 aliphatic carbocycles. The minimum atomic E-state index is -3.72. The summed E-state index contributed by atoms with van der Waals surface area (Å²) >= 11 is 0. The minimum Gasteiger partial charge on any atom is -0.495 e. The van der Waals surface area contributed by atoms with Gasteiger partial charge in [0.25, 0.3) is 0 Å². The largest absolute Gasteiger partial charge is 0.495 e. The number of nitrogens with zero attached hydrogens (tertiary/aromatic N) is 2. The zero-order valence-electron chi connectivity index (χ0n) is 13.9. The van der Waals surface area contributed by atoms with Crippen molar-refractivity contribution in [3.05, 3.63) is 18.2 Å². The summed E-state index contributed by atoms with van der Waals surface area (Å²) in [6, 6.07) is 4.38. The van der Waals surface area contributed by atoms with E-state index in [0.29, 0.717) is 18.7 Å². The second-order valence-corrected chi connectivity index (χ2v) is 7.74. The number of amides is 2. The van der Waals surface area contributed by atoms with Gasteiger partial charge in [-0.25, -0.2) is 12.7 Å². The molecule has 9 heteroatoms. The Morgan fingerprint density at radius 2 is 2.08 bits per heavy atom. The molecule has 0 saturated carbocycles. The van der Waals surface area contributed by atoms with Crippen LogP contribution >= 0.6 is 0 Å². The number of benzene rings is 1. The van der Waals surface area contributed by atoms with E-state index in [1.54, 1.807) is 6.07 Å². The van der Waals surface area contributed by atoms with Gasteiger partial charge in [-0.05, 0) is 24.6 Å². The van der Waals surface area contributed by atoms with Gasteiger partial charge in [0.15, 0.2) is 0 Å². The van der Waals surface area contributed by atoms with Crippen LogP contribution in [-0.2, 0) is 19.6 Å². The smallest absolute Gasteiger partial charge is 0.246 e. The number of ether oxygens (including phenoxy) is 1. The normalized spacial score (nSPS) is 15.0. The molecule has 1 heterocycles. The first-order valence-electron chi connectivity index (χ1n) is 7.44. The lowest BCUT2D eigenvalue weighted by Crippen LogP contribution is -2.34. The number of methoxy groups -OCH3 is 1. The quantitative estimate of drug-likeness (QED) is 0.802. The molecule has 1 saturated heterocycles. The van der Waals surface area contributed by atoms with Crippen LogP contribution < -0.4 is 10.1 Å². The first-order valence-corrected chi connectivity index (χ1v) is 8.88. The number of carbonyl (C=O) groups is 2. The summed E-state index contributed by atoms with van der Waals surface area (Å²) in [5.74, 6) is -0.226. The predicted molar refractivity (Wildman–Crippen MR) is 88.3 cm³/mol. The third-order valence-corrected chi connectivity index (χ3v) is 5.55. The van der Waals surface area contributed by atoms with Crippen molar-refractivity contribution in [1.29, 1.82) is 0 Å². The average Bonchev–Trinajstić information content (AvgIpc) is 2.92. The number of rotatable bonds is 6. The van der Waals surface area contributed by atoms with Crippen molar-refractivity contribution in [3.63, 3.8) is 0 Å². The van der Waals surface area contributed by atoms with E-state index in [1.807, 2.05) is 0 Å². The van der Waals surface area contributed by atoms with Crippen LogP contribution in [0, 0.1) is 0 Å². The SMILES string of the molecule is COc1ccc(NC(=O)CN2CCCC2=O)cc1S(=O)(=O)N(C)C. The van der Waals surface area contributed by atoms with Crippen molar-refractivity contribution in [1.82, 2.24) is 9.21 Å². The molecule has 1 aliphatic heterocycles. The molecule has 2 rings (SSSR count). The fourth-order valence-electron chi connectivity index (χ4n) is 2.40. The molecule has 1 fully saturated rings. The summed E-state index contributed by atoms with van der Waals surface area (Å²) < 4.78 is 30.9. The molecular weight excluding hydrogens is 334 g/mol. The second-order valence-electron chi connectivity index (χ2n) is 5.62. The highest BCUT2D eigenvalue weighted by atomic mass is 32.2. The standard InChI is InChI=1S/C15H21N3O5S/c1-17(2)24(21,22)13-9-11(6-7-12(13)23-3)16-14(19)10-18-8-4-5-15(18)20/h6-7,9H,4-5,8,10H2,1-3H3,(H,16,19). The summed E-state index contributed by atoms with van der Waals surface area (Å²) in [5, 5.41) is 2.62. The van der Waals surface area contributed by atoms with Gasteiger partial charge in [0.2, 0.25) is 21.8 Å². The van der Waals surface area contributed by atoms with E-state index in [1.165, 1.54) is 38.2 Å². The van der Waals surface area contributed by atoms with Crippen LogP contribution in [0.4, 0.5) is 5.69 Å². The van der Waals surface area contributed by atoms with Gasteiger partial charge >= 0.3 is 0 Å². The summed E-state index contributed by atoms with van der Waals surface area (Å²) in [4.78, 5) is 25.1. The molecule has 132 valence electrons. The number of anilines is 1. The molecular formula is C15H21N3O5S. The maximum Gasteiger partial charge on any atom is 0.246 e. The van der Waals surface area contributed by atoms with E-state index in [4.69, 9.17) is 4.74 Å². The zero-order chi connectivity index (χ0) is 17.9. The van der Waals surface area contributed by atoms with E-state index in [0.717, 1.165) is 10.7 Å². The van der Waals surface area contributed by atoms with Crippen LogP contribution in [0.5, 0.6) is 5.75 Å². The Bertz CT molecular complexity index is 745. The Labute approximate surface area is 141 Å². The van der Waals surface area contributed by atoms with Crippen LogP contribution in [0.2, 0.25) is 0 Å². The minimum absolute atomic E-state index is 0.0370. The van der Waals surface area contributed by atoms with Crippen molar-refractivity contribution in [2.24, 2.45) is 0 Å². The summed E-state index contributed by atoms with van der Waals surface area (Å²) in [7, 11) is 0.491. The van der Waals surface area contributed by atoms with E-state index >= 15 is 0 Å². The lowest BCUT2D eigenvalue weighted by atomic mass is 10.3. The maximum absolute atomic E-state index is 12.4. The molecule has 1 N–H and O–H groups in total. The first-order chi connectivity index (χ1) is 11.3. The molecule has 1 aromatic rings. The van der Waals surface area contributed by atoms with Crippen LogP contribution in [0.3, 0.4) is 0 Å². The van der Waals surface area contributed by atoms with Gasteiger partial charge in [-0.3, -0.25) is 9.59 Å². The molecule has 24 heavy (non-hydrogen) atoms. The predicted octanol–water partition coefficient (Wildman–Crippen LogP) is 0.506. The van der Waals surface area contributed by atoms with Gasteiger partial charge in [-0.1, -0.05) is 0 Å². The van der Waals surface area contributed by atoms with Gasteiger partial charge in [0.05, 0.1) is 13.7 Å². The molecule has 0 radical (unpaired) electrons. The topological polar surface area (TPSA) is 96.0 Å². The lowest BCUT2D eigenvalue weighted by molar-refractivity contribution is -0.131. The molecule has 0 atom stereocenters. The van der Waals surface area contributed by atoms with Crippen LogP contribution in [0.25, 0.3) is 0 Å². The molecule has 0 aromatic heterocycles. The number of carbonyl (C=O) groups excluding carboxylic acids is 2. The third kappa shape index (κ3) is 3.85. The highest BCUT2D eigenvalue weighted by molar-refractivity contribution is 7.89. The lowest BCUT2D eigenvalue weighted by Gasteiger charge is -2.17. The zero-order valence-corrected chi connectivity index (χ0v) is 14.7. The van der Waals surface area contributed by atoms with E-state index in [2.05, 4.69) is 5.32 Å². The molecule has 0 unspecified atom stereocenters. The maximum atomic E-state index is 12.4. The molecule has 1 aromatic carbocycles. The Balaban J connectivity index is 2.19. The number of nitrogens with one attached hydrogen (secondary N) is 1. The van der Waals surface area contributed by atoms with Crippen molar-refractivity contribution >= 4 is 27.5 Å². The number of sulfonamides is 1. The van der Waals surface area contributed by atoms with Gasteiger partial charge < -0.3 is 15.0 Å². The van der Waals surface area contributed by atoms with Crippen molar-refractivity contribution < 1.29 is 22.7 Å². The third-order valence-electron chi connectivity index (χ3n) is 3.71. The number of hydrogen-bond acceptors (Lipinski definition) is 5. The van der Waals surface area contributed by atoms with Crippen LogP contribution in [0.1, 0.15) is 12.8 Å². The van der Waals surface area contributed by atoms with Crippen LogP contribution in [-0.4, -0.2) is 63.7 Å². The van der Waals surface area contributed by atoms with Gasteiger partial charge in [-0.2, -0.15) is 0 Å². The van der Waals surface area contributed by atoms with Crippen LogP contribution in [0.15, 0.2) is 23.1 Å². The highest BCUT2D eigenvalue weighted by Gasteiger charge is 2.24. The fourth-order valence-corrected chi connectivity index (χ4v) is 3.47. The van der Waals surface area contributed by atoms with Crippen molar-refractivity contribution in [2.75, 3.05) is 39.6 Å². The molecule has 2 amide bonds. The van der Waals surface area contributed by atoms with Gasteiger partial charge in [0.1, 0.15) is 10.6 Å². The Kier molecular flexibility index (Phi) is 5.45. The Morgan fingerprint density at radius 1 is 1.38 bits per heavy atom. The summed E-state index contributed by atoms with van der Waals surface area (Å²) in [6.07, 6.45) is 1.21. The number of hydrogen-bond donors (Lipinski definition) is 1. The number of likely N-dealkylation sites (tertiary alicyclic amines) is 1. The molecule has 8 nitrogen and oxygen atoms in total. The summed E-state index contributed by atoms with van der Waals surface area (Å²) in [6.45, 7) is 0.524. The Morgan fingerprint density at radius 3 is 2.62 bits per heavy atom. The van der Waals surface area contributed by atoms with E-state index in [-0.39, 0.29) is 29.0 Å². The van der Waals surface area contributed by atoms with E-state index in [9.17, 15) is 18.0 Å².